The minimum Gasteiger partial charge on any atom is -0.338 e. The third-order valence-electron chi connectivity index (χ3n) is 3.67. The average molecular weight is 295 g/mol. The predicted molar refractivity (Wildman–Crippen MR) is 78.4 cm³/mol. The summed E-state index contributed by atoms with van der Waals surface area (Å²) in [6.45, 7) is 5.77. The van der Waals surface area contributed by atoms with Crippen LogP contribution in [-0.4, -0.2) is 38.6 Å². The largest absolute Gasteiger partial charge is 0.338 e. The Labute approximate surface area is 120 Å². The van der Waals surface area contributed by atoms with Gasteiger partial charge in [-0.3, -0.25) is 4.79 Å². The molecule has 1 fully saturated rings. The van der Waals surface area contributed by atoms with Gasteiger partial charge in [0.05, 0.1) is 4.90 Å². The summed E-state index contributed by atoms with van der Waals surface area (Å²) >= 11 is 0. The molecule has 0 bridgehead atoms. The Kier molecular flexibility index (Phi) is 4.18. The van der Waals surface area contributed by atoms with Crippen LogP contribution in [0, 0.1) is 11.8 Å². The van der Waals surface area contributed by atoms with Gasteiger partial charge in [0.15, 0.2) is 9.84 Å². The first-order valence-electron chi connectivity index (χ1n) is 6.86. The smallest absolute Gasteiger partial charge is 0.253 e. The Morgan fingerprint density at radius 2 is 1.80 bits per heavy atom. The molecule has 110 valence electrons. The van der Waals surface area contributed by atoms with Crippen molar-refractivity contribution in [2.24, 2.45) is 11.8 Å². The van der Waals surface area contributed by atoms with Gasteiger partial charge >= 0.3 is 0 Å². The van der Waals surface area contributed by atoms with E-state index in [9.17, 15) is 13.2 Å². The lowest BCUT2D eigenvalue weighted by molar-refractivity contribution is 0.0623. The van der Waals surface area contributed by atoms with Gasteiger partial charge in [-0.2, -0.15) is 0 Å². The second-order valence-electron chi connectivity index (χ2n) is 5.96. The number of rotatable bonds is 2. The van der Waals surface area contributed by atoms with Gasteiger partial charge in [-0.15, -0.1) is 0 Å². The van der Waals surface area contributed by atoms with Gasteiger partial charge in [0.25, 0.3) is 5.91 Å². The highest BCUT2D eigenvalue weighted by atomic mass is 32.2. The molecule has 0 aromatic heterocycles. The van der Waals surface area contributed by atoms with Crippen molar-refractivity contribution < 1.29 is 13.2 Å². The number of carbonyl (C=O) groups excluding carboxylic acids is 1. The van der Waals surface area contributed by atoms with Crippen LogP contribution in [0.1, 0.15) is 30.6 Å². The molecule has 1 aliphatic heterocycles. The van der Waals surface area contributed by atoms with E-state index in [1.54, 1.807) is 12.1 Å². The zero-order valence-corrected chi connectivity index (χ0v) is 13.0. The minimum atomic E-state index is -3.28. The molecular weight excluding hydrogens is 274 g/mol. The Balaban J connectivity index is 2.25. The van der Waals surface area contributed by atoms with Crippen LogP contribution in [0.2, 0.25) is 0 Å². The van der Waals surface area contributed by atoms with Gasteiger partial charge in [-0.05, 0) is 36.5 Å². The maximum atomic E-state index is 12.5. The first-order chi connectivity index (χ1) is 9.27. The molecule has 0 saturated carbocycles. The molecule has 4 nitrogen and oxygen atoms in total. The van der Waals surface area contributed by atoms with Crippen LogP contribution in [0.5, 0.6) is 0 Å². The van der Waals surface area contributed by atoms with Crippen molar-refractivity contribution in [2.75, 3.05) is 19.3 Å². The molecule has 20 heavy (non-hydrogen) atoms. The summed E-state index contributed by atoms with van der Waals surface area (Å²) in [4.78, 5) is 14.5. The van der Waals surface area contributed by atoms with E-state index in [4.69, 9.17) is 0 Å². The fourth-order valence-corrected chi connectivity index (χ4v) is 3.54. The zero-order chi connectivity index (χ0) is 14.9. The van der Waals surface area contributed by atoms with Crippen LogP contribution < -0.4 is 0 Å². The third-order valence-corrected chi connectivity index (χ3v) is 4.78. The molecule has 5 heteroatoms. The highest BCUT2D eigenvalue weighted by Gasteiger charge is 2.26. The zero-order valence-electron chi connectivity index (χ0n) is 12.2. The number of piperidine rings is 1. The topological polar surface area (TPSA) is 54.5 Å². The van der Waals surface area contributed by atoms with Crippen molar-refractivity contribution in [3.05, 3.63) is 29.8 Å². The van der Waals surface area contributed by atoms with E-state index in [0.29, 0.717) is 17.4 Å². The van der Waals surface area contributed by atoms with Crippen LogP contribution in [0.15, 0.2) is 29.2 Å². The number of nitrogens with zero attached hydrogens (tertiary/aromatic N) is 1. The van der Waals surface area contributed by atoms with E-state index >= 15 is 0 Å². The van der Waals surface area contributed by atoms with Gasteiger partial charge in [0.2, 0.25) is 0 Å². The first-order valence-corrected chi connectivity index (χ1v) is 8.76. The number of amides is 1. The van der Waals surface area contributed by atoms with Gasteiger partial charge in [-0.25, -0.2) is 8.42 Å². The van der Waals surface area contributed by atoms with E-state index in [-0.39, 0.29) is 10.8 Å². The molecular formula is C15H21NO3S. The van der Waals surface area contributed by atoms with E-state index in [1.165, 1.54) is 12.1 Å². The summed E-state index contributed by atoms with van der Waals surface area (Å²) in [5.74, 6) is 0.899. The molecule has 1 aliphatic rings. The third kappa shape index (κ3) is 3.39. The van der Waals surface area contributed by atoms with Crippen LogP contribution in [0.3, 0.4) is 0 Å². The Bertz CT molecular complexity index is 599. The van der Waals surface area contributed by atoms with Crippen molar-refractivity contribution in [3.63, 3.8) is 0 Å². The standard InChI is InChI=1S/C15H21NO3S/c1-11-7-12(2)10-16(9-11)15(17)13-5-4-6-14(8-13)20(3,18)19/h4-6,8,11-12H,7,9-10H2,1-3H3/t11-,12+. The van der Waals surface area contributed by atoms with Gasteiger partial charge < -0.3 is 4.90 Å². The fraction of sp³-hybridized carbons (Fsp3) is 0.533. The predicted octanol–water partition coefficient (Wildman–Crippen LogP) is 2.21. The van der Waals surface area contributed by atoms with Crippen molar-refractivity contribution in [1.29, 1.82) is 0 Å². The SMILES string of the molecule is C[C@@H]1C[C@H](C)CN(C(=O)c2cccc(S(C)(=O)=O)c2)C1. The van der Waals surface area contributed by atoms with E-state index < -0.39 is 9.84 Å². The number of likely N-dealkylation sites (tertiary alicyclic amines) is 1. The molecule has 0 aliphatic carbocycles. The summed E-state index contributed by atoms with van der Waals surface area (Å²) in [7, 11) is -3.28. The lowest BCUT2D eigenvalue weighted by atomic mass is 9.91. The molecule has 1 aromatic carbocycles. The number of sulfone groups is 1. The summed E-state index contributed by atoms with van der Waals surface area (Å²) in [5.41, 5.74) is 0.453. The van der Waals surface area contributed by atoms with Gasteiger partial charge in [-0.1, -0.05) is 19.9 Å². The molecule has 0 N–H and O–H groups in total. The van der Waals surface area contributed by atoms with Crippen LogP contribution in [-0.2, 0) is 9.84 Å². The quantitative estimate of drug-likeness (QED) is 0.840. The lowest BCUT2D eigenvalue weighted by Crippen LogP contribution is -2.42. The molecule has 1 amide bonds. The summed E-state index contributed by atoms with van der Waals surface area (Å²) in [5, 5.41) is 0. The number of hydrogen-bond donors (Lipinski definition) is 0. The number of carbonyl (C=O) groups is 1. The molecule has 1 saturated heterocycles. The van der Waals surface area contributed by atoms with Crippen molar-refractivity contribution in [1.82, 2.24) is 4.90 Å². The van der Waals surface area contributed by atoms with E-state index in [2.05, 4.69) is 13.8 Å². The molecule has 2 rings (SSSR count). The van der Waals surface area contributed by atoms with Crippen LogP contribution >= 0.6 is 0 Å². The Morgan fingerprint density at radius 3 is 2.35 bits per heavy atom. The normalized spacial score (nSPS) is 23.6. The van der Waals surface area contributed by atoms with Crippen molar-refractivity contribution in [2.45, 2.75) is 25.2 Å². The molecule has 0 spiro atoms. The lowest BCUT2D eigenvalue weighted by Gasteiger charge is -2.35. The minimum absolute atomic E-state index is 0.0751. The molecule has 1 aromatic rings. The number of hydrogen-bond acceptors (Lipinski definition) is 3. The monoisotopic (exact) mass is 295 g/mol. The molecule has 1 heterocycles. The van der Waals surface area contributed by atoms with E-state index in [0.717, 1.165) is 25.8 Å². The summed E-state index contributed by atoms with van der Waals surface area (Å²) in [6, 6.07) is 6.30. The Morgan fingerprint density at radius 1 is 1.20 bits per heavy atom. The maximum Gasteiger partial charge on any atom is 0.253 e. The van der Waals surface area contributed by atoms with Crippen molar-refractivity contribution in [3.8, 4) is 0 Å². The van der Waals surface area contributed by atoms with Gasteiger partial charge in [0, 0.05) is 24.9 Å². The number of benzene rings is 1. The average Bonchev–Trinajstić information content (AvgIpc) is 2.36. The highest BCUT2D eigenvalue weighted by molar-refractivity contribution is 7.90. The van der Waals surface area contributed by atoms with Crippen LogP contribution in [0.25, 0.3) is 0 Å². The van der Waals surface area contributed by atoms with Crippen LogP contribution in [0.4, 0.5) is 0 Å². The fourth-order valence-electron chi connectivity index (χ4n) is 2.87. The molecule has 0 unspecified atom stereocenters. The van der Waals surface area contributed by atoms with Gasteiger partial charge in [0.1, 0.15) is 0 Å². The van der Waals surface area contributed by atoms with E-state index in [1.807, 2.05) is 4.90 Å². The molecule has 0 radical (unpaired) electrons. The second kappa shape index (κ2) is 5.56. The van der Waals surface area contributed by atoms with Crippen molar-refractivity contribution >= 4 is 15.7 Å². The molecule has 2 atom stereocenters. The summed E-state index contributed by atoms with van der Waals surface area (Å²) < 4.78 is 23.1. The first kappa shape index (κ1) is 15.0. The Hall–Kier alpha value is -1.36. The summed E-state index contributed by atoms with van der Waals surface area (Å²) in [6.07, 6.45) is 2.29. The highest BCUT2D eigenvalue weighted by Crippen LogP contribution is 2.23. The second-order valence-corrected chi connectivity index (χ2v) is 7.97. The maximum absolute atomic E-state index is 12.5.